The van der Waals surface area contributed by atoms with Crippen molar-refractivity contribution in [1.29, 1.82) is 5.26 Å². The number of H-pyrrole nitrogens is 1. The minimum atomic E-state index is -5.08. The number of aromatic nitrogens is 5. The molecular weight excluding hydrogens is 501 g/mol. The van der Waals surface area contributed by atoms with Gasteiger partial charge in [0.15, 0.2) is 0 Å². The van der Waals surface area contributed by atoms with Gasteiger partial charge in [-0.1, -0.05) is 0 Å². The van der Waals surface area contributed by atoms with E-state index < -0.39 is 12.1 Å². The van der Waals surface area contributed by atoms with Gasteiger partial charge in [0.1, 0.15) is 12.0 Å². The highest BCUT2D eigenvalue weighted by atomic mass is 79.9. The summed E-state index contributed by atoms with van der Waals surface area (Å²) in [5.74, 6) is -2.76. The highest BCUT2D eigenvalue weighted by Crippen LogP contribution is 2.32. The van der Waals surface area contributed by atoms with Gasteiger partial charge in [-0.2, -0.15) is 23.5 Å². The summed E-state index contributed by atoms with van der Waals surface area (Å²) < 4.78 is 34.6. The Kier molecular flexibility index (Phi) is 6.71. The number of fused-ring (bicyclic) bond motifs is 1. The predicted octanol–water partition coefficient (Wildman–Crippen LogP) is 4.78. The number of thiophene rings is 1. The normalized spacial score (nSPS) is 12.1. The van der Waals surface area contributed by atoms with Crippen molar-refractivity contribution in [2.75, 3.05) is 0 Å². The Morgan fingerprint density at radius 3 is 2.77 bits per heavy atom. The van der Waals surface area contributed by atoms with Crippen molar-refractivity contribution in [3.63, 3.8) is 0 Å². The second kappa shape index (κ2) is 9.27. The molecule has 8 nitrogen and oxygen atoms in total. The van der Waals surface area contributed by atoms with Crippen molar-refractivity contribution in [3.8, 4) is 17.3 Å². The summed E-state index contributed by atoms with van der Waals surface area (Å²) in [6.45, 7) is 0. The first-order valence-corrected chi connectivity index (χ1v) is 10.1. The van der Waals surface area contributed by atoms with Crippen LogP contribution in [0.1, 0.15) is 17.3 Å². The third-order valence-corrected chi connectivity index (χ3v) is 5.79. The van der Waals surface area contributed by atoms with E-state index in [2.05, 4.69) is 42.0 Å². The van der Waals surface area contributed by atoms with Gasteiger partial charge in [-0.25, -0.2) is 14.8 Å². The standard InChI is InChI=1S/C16H11BrN6S.C2HF3O2/c17-11-5-14(24-8-11)13(1-3-18)23-7-10(6-22-23)15-12-2-4-19-16(12)21-9-20-15;3-2(4,5)1(6)7/h2,4-9,13H,1H2,(H,19,20,21);(H,6,7). The smallest absolute Gasteiger partial charge is 0.475 e. The van der Waals surface area contributed by atoms with Crippen LogP contribution in [-0.2, 0) is 4.79 Å². The van der Waals surface area contributed by atoms with Crippen molar-refractivity contribution in [2.24, 2.45) is 0 Å². The quantitative estimate of drug-likeness (QED) is 0.405. The lowest BCUT2D eigenvalue weighted by atomic mass is 10.1. The molecule has 0 spiro atoms. The summed E-state index contributed by atoms with van der Waals surface area (Å²) in [6.07, 6.45) is 2.37. The van der Waals surface area contributed by atoms with E-state index in [1.807, 2.05) is 34.6 Å². The van der Waals surface area contributed by atoms with E-state index >= 15 is 0 Å². The number of rotatable bonds is 4. The first kappa shape index (κ1) is 22.4. The van der Waals surface area contributed by atoms with Gasteiger partial charge >= 0.3 is 12.1 Å². The molecule has 4 heterocycles. The number of aliphatic carboxylic acids is 1. The second-order valence-electron chi connectivity index (χ2n) is 6.02. The zero-order valence-corrected chi connectivity index (χ0v) is 17.7. The van der Waals surface area contributed by atoms with E-state index in [4.69, 9.17) is 9.90 Å². The maximum absolute atomic E-state index is 10.6. The lowest BCUT2D eigenvalue weighted by Crippen LogP contribution is -2.21. The maximum atomic E-state index is 10.6. The maximum Gasteiger partial charge on any atom is 0.490 e. The van der Waals surface area contributed by atoms with E-state index in [1.165, 1.54) is 6.33 Å². The molecule has 13 heteroatoms. The van der Waals surface area contributed by atoms with Gasteiger partial charge in [0, 0.05) is 38.1 Å². The minimum Gasteiger partial charge on any atom is -0.475 e. The van der Waals surface area contributed by atoms with Gasteiger partial charge in [-0.15, -0.1) is 11.3 Å². The summed E-state index contributed by atoms with van der Waals surface area (Å²) in [5, 5.41) is 23.7. The lowest BCUT2D eigenvalue weighted by molar-refractivity contribution is -0.192. The summed E-state index contributed by atoms with van der Waals surface area (Å²) >= 11 is 5.08. The Balaban J connectivity index is 0.000000339. The Labute approximate surface area is 185 Å². The molecular formula is C18H12BrF3N6O2S. The molecule has 2 N–H and O–H groups in total. The second-order valence-corrected chi connectivity index (χ2v) is 7.88. The van der Waals surface area contributed by atoms with Crippen LogP contribution in [0.25, 0.3) is 22.3 Å². The molecule has 0 radical (unpaired) electrons. The molecule has 4 rings (SSSR count). The number of nitriles is 1. The van der Waals surface area contributed by atoms with Crippen molar-refractivity contribution < 1.29 is 23.1 Å². The van der Waals surface area contributed by atoms with Gasteiger partial charge in [0.05, 0.1) is 30.4 Å². The van der Waals surface area contributed by atoms with Crippen molar-refractivity contribution in [2.45, 2.75) is 18.6 Å². The molecule has 1 atom stereocenters. The van der Waals surface area contributed by atoms with Crippen molar-refractivity contribution in [1.82, 2.24) is 24.7 Å². The molecule has 0 saturated carbocycles. The van der Waals surface area contributed by atoms with Gasteiger partial charge < -0.3 is 10.1 Å². The molecule has 0 aromatic carbocycles. The van der Waals surface area contributed by atoms with Crippen LogP contribution in [0, 0.1) is 11.3 Å². The third-order valence-electron chi connectivity index (χ3n) is 3.99. The van der Waals surface area contributed by atoms with Crippen molar-refractivity contribution in [3.05, 3.63) is 51.8 Å². The van der Waals surface area contributed by atoms with Crippen LogP contribution >= 0.6 is 27.3 Å². The van der Waals surface area contributed by atoms with Gasteiger partial charge in [-0.3, -0.25) is 4.68 Å². The molecule has 0 amide bonds. The number of carbonyl (C=O) groups is 1. The zero-order valence-electron chi connectivity index (χ0n) is 15.3. The number of alkyl halides is 3. The summed E-state index contributed by atoms with van der Waals surface area (Å²) in [4.78, 5) is 21.7. The number of hydrogen-bond acceptors (Lipinski definition) is 6. The van der Waals surface area contributed by atoms with Gasteiger partial charge in [0.25, 0.3) is 0 Å². The Morgan fingerprint density at radius 2 is 2.16 bits per heavy atom. The summed E-state index contributed by atoms with van der Waals surface area (Å²) in [6, 6.07) is 6.12. The Morgan fingerprint density at radius 1 is 1.42 bits per heavy atom. The average molecular weight is 513 g/mol. The molecule has 0 aliphatic carbocycles. The number of carboxylic acids is 1. The molecule has 0 bridgehead atoms. The number of hydrogen-bond donors (Lipinski definition) is 2. The molecule has 160 valence electrons. The van der Waals surface area contributed by atoms with Crippen LogP contribution in [0.5, 0.6) is 0 Å². The Hall–Kier alpha value is -3.24. The fourth-order valence-corrected chi connectivity index (χ4v) is 4.19. The van der Waals surface area contributed by atoms with Gasteiger partial charge in [0.2, 0.25) is 0 Å². The van der Waals surface area contributed by atoms with Crippen LogP contribution in [0.2, 0.25) is 0 Å². The first-order valence-electron chi connectivity index (χ1n) is 8.44. The fourth-order valence-electron chi connectivity index (χ4n) is 2.65. The van der Waals surface area contributed by atoms with Crippen LogP contribution in [-0.4, -0.2) is 42.0 Å². The number of carboxylic acid groups (broad SMARTS) is 1. The number of aromatic amines is 1. The number of nitrogens with one attached hydrogen (secondary N) is 1. The molecule has 4 aromatic heterocycles. The molecule has 0 aliphatic heterocycles. The lowest BCUT2D eigenvalue weighted by Gasteiger charge is -2.12. The monoisotopic (exact) mass is 512 g/mol. The molecule has 31 heavy (non-hydrogen) atoms. The first-order chi connectivity index (χ1) is 14.7. The molecule has 0 fully saturated rings. The van der Waals surface area contributed by atoms with Crippen LogP contribution in [0.3, 0.4) is 0 Å². The average Bonchev–Trinajstić information content (AvgIpc) is 3.46. The molecule has 4 aromatic rings. The molecule has 0 saturated heterocycles. The summed E-state index contributed by atoms with van der Waals surface area (Å²) in [7, 11) is 0. The summed E-state index contributed by atoms with van der Waals surface area (Å²) in [5.41, 5.74) is 2.53. The zero-order chi connectivity index (χ0) is 22.6. The number of nitrogens with zero attached hydrogens (tertiary/aromatic N) is 5. The van der Waals surface area contributed by atoms with Crippen molar-refractivity contribution >= 4 is 44.3 Å². The predicted molar refractivity (Wildman–Crippen MR) is 109 cm³/mol. The Bertz CT molecular complexity index is 1240. The largest absolute Gasteiger partial charge is 0.490 e. The number of halogens is 4. The molecule has 0 aliphatic rings. The highest BCUT2D eigenvalue weighted by Gasteiger charge is 2.38. The highest BCUT2D eigenvalue weighted by molar-refractivity contribution is 9.10. The van der Waals surface area contributed by atoms with Crippen LogP contribution in [0.15, 0.2) is 46.9 Å². The van der Waals surface area contributed by atoms with Crippen LogP contribution < -0.4 is 0 Å². The van der Waals surface area contributed by atoms with E-state index in [-0.39, 0.29) is 6.04 Å². The third kappa shape index (κ3) is 5.28. The fraction of sp³-hybridized carbons (Fsp3) is 0.167. The van der Waals surface area contributed by atoms with Gasteiger partial charge in [-0.05, 0) is 28.1 Å². The molecule has 1 unspecified atom stereocenters. The van der Waals surface area contributed by atoms with Crippen LogP contribution in [0.4, 0.5) is 13.2 Å². The topological polar surface area (TPSA) is 120 Å². The van der Waals surface area contributed by atoms with E-state index in [1.54, 1.807) is 17.5 Å². The van der Waals surface area contributed by atoms with E-state index in [9.17, 15) is 18.4 Å². The van der Waals surface area contributed by atoms with E-state index in [0.29, 0.717) is 6.42 Å². The SMILES string of the molecule is N#CCC(c1cc(Br)cs1)n1cc(-c2ncnc3[nH]ccc23)cn1.O=C(O)C(F)(F)F. The minimum absolute atomic E-state index is 0.108. The van der Waals surface area contributed by atoms with E-state index in [0.717, 1.165) is 31.6 Å².